The van der Waals surface area contributed by atoms with E-state index in [9.17, 15) is 19.0 Å². The first-order valence-electron chi connectivity index (χ1n) is 22.7. The normalized spacial score (nSPS) is 13.3. The van der Waals surface area contributed by atoms with Crippen molar-refractivity contribution < 1.29 is 37.6 Å². The van der Waals surface area contributed by atoms with E-state index in [4.69, 9.17) is 24.3 Å². The predicted molar refractivity (Wildman–Crippen MR) is 224 cm³/mol. The summed E-state index contributed by atoms with van der Waals surface area (Å²) in [5.41, 5.74) is 5.34. The largest absolute Gasteiger partial charge is 0.472 e. The molecule has 0 aromatic heterocycles. The van der Waals surface area contributed by atoms with E-state index in [1.54, 1.807) is 0 Å². The predicted octanol–water partition coefficient (Wildman–Crippen LogP) is 13.0. The van der Waals surface area contributed by atoms with Crippen molar-refractivity contribution in [2.75, 3.05) is 26.4 Å². The van der Waals surface area contributed by atoms with Crippen LogP contribution in [0.1, 0.15) is 226 Å². The second-order valence-electron chi connectivity index (χ2n) is 15.3. The molecule has 2 atom stereocenters. The zero-order chi connectivity index (χ0) is 39.6. The van der Waals surface area contributed by atoms with E-state index in [-0.39, 0.29) is 38.6 Å². The minimum Gasteiger partial charge on any atom is -0.462 e. The maximum absolute atomic E-state index is 12.6. The van der Waals surface area contributed by atoms with Gasteiger partial charge in [-0.1, -0.05) is 187 Å². The molecule has 0 heterocycles. The molecule has 54 heavy (non-hydrogen) atoms. The van der Waals surface area contributed by atoms with Crippen LogP contribution in [0.5, 0.6) is 0 Å². The van der Waals surface area contributed by atoms with E-state index in [0.717, 1.165) is 32.1 Å². The van der Waals surface area contributed by atoms with Crippen molar-refractivity contribution in [2.45, 2.75) is 232 Å². The van der Waals surface area contributed by atoms with E-state index in [1.807, 2.05) is 0 Å². The van der Waals surface area contributed by atoms with Crippen LogP contribution in [0.25, 0.3) is 0 Å². The topological polar surface area (TPSA) is 134 Å². The van der Waals surface area contributed by atoms with Crippen LogP contribution in [0.3, 0.4) is 0 Å². The summed E-state index contributed by atoms with van der Waals surface area (Å²) < 4.78 is 32.7. The molecule has 0 saturated heterocycles. The van der Waals surface area contributed by atoms with Gasteiger partial charge < -0.3 is 20.1 Å². The summed E-state index contributed by atoms with van der Waals surface area (Å²) in [4.78, 5) is 34.7. The molecule has 0 aromatic rings. The number of hydrogen-bond acceptors (Lipinski definition) is 8. The summed E-state index contributed by atoms with van der Waals surface area (Å²) in [5, 5.41) is 0. The molecule has 0 saturated carbocycles. The minimum absolute atomic E-state index is 0.0563. The van der Waals surface area contributed by atoms with Gasteiger partial charge in [-0.05, 0) is 38.5 Å². The number of nitrogens with two attached hydrogens (primary N) is 1. The lowest BCUT2D eigenvalue weighted by Crippen LogP contribution is -2.29. The number of hydrogen-bond donors (Lipinski definition) is 2. The third kappa shape index (κ3) is 40.4. The molecule has 0 aliphatic rings. The number of esters is 2. The van der Waals surface area contributed by atoms with Crippen molar-refractivity contribution in [2.24, 2.45) is 5.73 Å². The summed E-state index contributed by atoms with van der Waals surface area (Å²) in [6.45, 7) is 3.72. The Balaban J connectivity index is 3.92. The molecular weight excluding hydrogens is 701 g/mol. The van der Waals surface area contributed by atoms with Crippen molar-refractivity contribution in [1.82, 2.24) is 0 Å². The maximum Gasteiger partial charge on any atom is 0.472 e. The van der Waals surface area contributed by atoms with E-state index in [0.29, 0.717) is 6.42 Å². The lowest BCUT2D eigenvalue weighted by Gasteiger charge is -2.19. The zero-order valence-corrected chi connectivity index (χ0v) is 36.1. The fourth-order valence-electron chi connectivity index (χ4n) is 6.51. The molecule has 0 spiro atoms. The quantitative estimate of drug-likeness (QED) is 0.0268. The van der Waals surface area contributed by atoms with Crippen LogP contribution in [0, 0.1) is 0 Å². The highest BCUT2D eigenvalue weighted by Gasteiger charge is 2.26. The summed E-state index contributed by atoms with van der Waals surface area (Å²) in [6.07, 6.45) is 42.7. The summed E-state index contributed by atoms with van der Waals surface area (Å²) in [5.74, 6) is -0.824. The van der Waals surface area contributed by atoms with Gasteiger partial charge in [-0.25, -0.2) is 4.57 Å². The van der Waals surface area contributed by atoms with Gasteiger partial charge in [-0.3, -0.25) is 18.6 Å². The molecule has 0 rings (SSSR count). The second-order valence-corrected chi connectivity index (χ2v) is 16.7. The van der Waals surface area contributed by atoms with Crippen molar-refractivity contribution in [3.63, 3.8) is 0 Å². The highest BCUT2D eigenvalue weighted by atomic mass is 31.2. The smallest absolute Gasteiger partial charge is 0.462 e. The first kappa shape index (κ1) is 52.8. The number of phosphoric ester groups is 1. The van der Waals surface area contributed by atoms with E-state index in [2.05, 4.69) is 26.0 Å². The maximum atomic E-state index is 12.6. The third-order valence-corrected chi connectivity index (χ3v) is 10.9. The number of allylic oxidation sites excluding steroid dienone is 2. The zero-order valence-electron chi connectivity index (χ0n) is 35.2. The lowest BCUT2D eigenvalue weighted by molar-refractivity contribution is -0.161. The van der Waals surface area contributed by atoms with Gasteiger partial charge in [0.15, 0.2) is 6.10 Å². The highest BCUT2D eigenvalue weighted by Crippen LogP contribution is 2.43. The number of phosphoric acid groups is 1. The molecule has 0 amide bonds. The third-order valence-electron chi connectivity index (χ3n) is 9.90. The van der Waals surface area contributed by atoms with Crippen molar-refractivity contribution in [3.8, 4) is 0 Å². The van der Waals surface area contributed by atoms with Gasteiger partial charge >= 0.3 is 19.8 Å². The Morgan fingerprint density at radius 3 is 1.31 bits per heavy atom. The summed E-state index contributed by atoms with van der Waals surface area (Å²) in [7, 11) is -4.37. The highest BCUT2D eigenvalue weighted by molar-refractivity contribution is 7.47. The minimum atomic E-state index is -4.37. The van der Waals surface area contributed by atoms with E-state index < -0.39 is 26.5 Å². The van der Waals surface area contributed by atoms with Gasteiger partial charge in [-0.2, -0.15) is 0 Å². The molecule has 9 nitrogen and oxygen atoms in total. The molecule has 10 heteroatoms. The van der Waals surface area contributed by atoms with Gasteiger partial charge in [0.1, 0.15) is 6.61 Å². The van der Waals surface area contributed by atoms with Crippen molar-refractivity contribution in [3.05, 3.63) is 12.2 Å². The van der Waals surface area contributed by atoms with Crippen LogP contribution >= 0.6 is 7.82 Å². The van der Waals surface area contributed by atoms with Crippen LogP contribution in [0.2, 0.25) is 0 Å². The first-order valence-corrected chi connectivity index (χ1v) is 24.2. The monoisotopic (exact) mass is 788 g/mol. The van der Waals surface area contributed by atoms with Gasteiger partial charge in [0.2, 0.25) is 0 Å². The number of rotatable bonds is 43. The number of carbonyl (C=O) groups excluding carboxylic acids is 2. The second kappa shape index (κ2) is 41.4. The molecule has 0 fully saturated rings. The molecule has 320 valence electrons. The van der Waals surface area contributed by atoms with E-state index >= 15 is 0 Å². The van der Waals surface area contributed by atoms with Crippen molar-refractivity contribution >= 4 is 19.8 Å². The van der Waals surface area contributed by atoms with Crippen LogP contribution < -0.4 is 5.73 Å². The molecule has 0 aromatic carbocycles. The Morgan fingerprint density at radius 1 is 0.537 bits per heavy atom. The molecule has 3 N–H and O–H groups in total. The molecule has 2 unspecified atom stereocenters. The molecule has 0 radical (unpaired) electrons. The van der Waals surface area contributed by atoms with Crippen LogP contribution in [0.15, 0.2) is 12.2 Å². The van der Waals surface area contributed by atoms with Crippen LogP contribution in [0.4, 0.5) is 0 Å². The van der Waals surface area contributed by atoms with Gasteiger partial charge in [0.25, 0.3) is 0 Å². The Morgan fingerprint density at radius 2 is 0.907 bits per heavy atom. The lowest BCUT2D eigenvalue weighted by atomic mass is 10.0. The number of ether oxygens (including phenoxy) is 2. The fraction of sp³-hybridized carbons (Fsp3) is 0.909. The fourth-order valence-corrected chi connectivity index (χ4v) is 7.28. The summed E-state index contributed by atoms with van der Waals surface area (Å²) >= 11 is 0. The van der Waals surface area contributed by atoms with Crippen LogP contribution in [-0.2, 0) is 32.7 Å². The Bertz CT molecular complexity index is 902. The van der Waals surface area contributed by atoms with Gasteiger partial charge in [0.05, 0.1) is 13.2 Å². The van der Waals surface area contributed by atoms with Crippen molar-refractivity contribution in [1.29, 1.82) is 0 Å². The van der Waals surface area contributed by atoms with E-state index in [1.165, 1.54) is 161 Å². The van der Waals surface area contributed by atoms with Gasteiger partial charge in [-0.15, -0.1) is 0 Å². The molecule has 0 aliphatic carbocycles. The Kier molecular flexibility index (Phi) is 40.4. The first-order chi connectivity index (χ1) is 26.3. The SMILES string of the molecule is CCCCCCCCCC/C=C\CCCCCCCCCCCCCCCC(=O)OC(COC(=O)CCCCCCCCCC)COP(=O)(O)OCCN. The van der Waals surface area contributed by atoms with Crippen LogP contribution in [-0.4, -0.2) is 49.3 Å². The Hall–Kier alpha value is -1.25. The molecule has 0 aliphatic heterocycles. The number of unbranched alkanes of at least 4 members (excludes halogenated alkanes) is 28. The molecule has 0 bridgehead atoms. The molecular formula is C44H86NO8P. The number of carbonyl (C=O) groups is 2. The Labute approximate surface area is 332 Å². The van der Waals surface area contributed by atoms with Gasteiger partial charge in [0, 0.05) is 19.4 Å². The summed E-state index contributed by atoms with van der Waals surface area (Å²) in [6, 6.07) is 0. The average Bonchev–Trinajstić information content (AvgIpc) is 3.16. The standard InChI is InChI=1S/C44H86NO8P/c1-3-5-7-9-11-13-14-15-16-17-18-19-20-21-22-23-24-25-26-27-28-29-31-33-35-37-44(47)53-42(41-52-54(48,49)51-39-38-45)40-50-43(46)36-34-32-30-12-10-8-6-4-2/h17-18,42H,3-16,19-41,45H2,1-2H3,(H,48,49)/b18-17-. The average molecular weight is 788 g/mol.